The number of phenols is 1. The number of carbonyl (C=O) groups excluding carboxylic acids is 1. The summed E-state index contributed by atoms with van der Waals surface area (Å²) < 4.78 is 1.76. The molecule has 0 aliphatic carbocycles. The van der Waals surface area contributed by atoms with Gasteiger partial charge in [-0.2, -0.15) is 0 Å². The highest BCUT2D eigenvalue weighted by atomic mass is 16.3. The zero-order valence-corrected chi connectivity index (χ0v) is 14.0. The van der Waals surface area contributed by atoms with Crippen molar-refractivity contribution in [3.8, 4) is 11.6 Å². The van der Waals surface area contributed by atoms with Crippen molar-refractivity contribution >= 4 is 22.5 Å². The lowest BCUT2D eigenvalue weighted by atomic mass is 10.2. The van der Waals surface area contributed by atoms with Crippen LogP contribution in [0.3, 0.4) is 0 Å². The Balaban J connectivity index is 2.03. The summed E-state index contributed by atoms with van der Waals surface area (Å²) in [6.45, 7) is 4.73. The number of azo groups is 1. The minimum atomic E-state index is -0.668. The predicted molar refractivity (Wildman–Crippen MR) is 95.4 cm³/mol. The summed E-state index contributed by atoms with van der Waals surface area (Å²) in [4.78, 5) is 12.2. The summed E-state index contributed by atoms with van der Waals surface area (Å²) in [7, 11) is 0. The molecule has 0 fully saturated rings. The Hall–Kier alpha value is -3.15. The molecule has 2 aromatic carbocycles. The molecule has 2 N–H and O–H groups in total. The molecular formula is C19H19N3O3. The highest BCUT2D eigenvalue weighted by Gasteiger charge is 2.18. The van der Waals surface area contributed by atoms with E-state index in [-0.39, 0.29) is 22.9 Å². The molecular weight excluding hydrogens is 318 g/mol. The van der Waals surface area contributed by atoms with Crippen LogP contribution in [0, 0.1) is 5.92 Å². The van der Waals surface area contributed by atoms with E-state index in [2.05, 4.69) is 24.1 Å². The van der Waals surface area contributed by atoms with Crippen LogP contribution in [-0.2, 0) is 6.54 Å². The normalized spacial score (nSPS) is 11.6. The molecule has 0 bridgehead atoms. The molecule has 1 amide bonds. The van der Waals surface area contributed by atoms with E-state index in [9.17, 15) is 15.0 Å². The number of hydrogen-bond donors (Lipinski definition) is 2. The number of carbonyl (C=O) groups is 1. The fraction of sp³-hybridized carbons (Fsp3) is 0.211. The number of aromatic hydroxyl groups is 2. The maximum Gasteiger partial charge on any atom is 0.299 e. The van der Waals surface area contributed by atoms with Crippen LogP contribution >= 0.6 is 0 Å². The average molecular weight is 337 g/mol. The first-order chi connectivity index (χ1) is 12.0. The van der Waals surface area contributed by atoms with Crippen molar-refractivity contribution in [1.82, 2.24) is 4.57 Å². The van der Waals surface area contributed by atoms with E-state index in [1.165, 1.54) is 12.1 Å². The highest BCUT2D eigenvalue weighted by molar-refractivity contribution is 5.98. The van der Waals surface area contributed by atoms with E-state index < -0.39 is 5.91 Å². The molecule has 0 unspecified atom stereocenters. The Morgan fingerprint density at radius 1 is 1.08 bits per heavy atom. The Morgan fingerprint density at radius 2 is 1.76 bits per heavy atom. The topological polar surface area (TPSA) is 87.2 Å². The molecule has 1 heterocycles. The maximum absolute atomic E-state index is 12.2. The van der Waals surface area contributed by atoms with Gasteiger partial charge in [-0.25, -0.2) is 0 Å². The van der Waals surface area contributed by atoms with Crippen molar-refractivity contribution in [3.05, 3.63) is 54.1 Å². The molecule has 6 nitrogen and oxygen atoms in total. The summed E-state index contributed by atoms with van der Waals surface area (Å²) in [5.74, 6) is -0.519. The summed E-state index contributed by atoms with van der Waals surface area (Å²) in [5, 5.41) is 28.7. The third-order valence-electron chi connectivity index (χ3n) is 3.84. The summed E-state index contributed by atoms with van der Waals surface area (Å²) >= 11 is 0. The number of fused-ring (bicyclic) bond motifs is 1. The van der Waals surface area contributed by atoms with Crippen LogP contribution < -0.4 is 0 Å². The van der Waals surface area contributed by atoms with Crippen molar-refractivity contribution < 1.29 is 15.0 Å². The first-order valence-electron chi connectivity index (χ1n) is 8.03. The highest BCUT2D eigenvalue weighted by Crippen LogP contribution is 2.39. The molecule has 1 aromatic heterocycles. The number of hydrogen-bond acceptors (Lipinski definition) is 4. The van der Waals surface area contributed by atoms with Crippen LogP contribution in [0.15, 0.2) is 58.8 Å². The van der Waals surface area contributed by atoms with Crippen LogP contribution in [0.4, 0.5) is 5.69 Å². The van der Waals surface area contributed by atoms with Gasteiger partial charge in [0, 0.05) is 11.9 Å². The number of phenolic OH excluding ortho intramolecular Hbond substituents is 1. The van der Waals surface area contributed by atoms with Crippen molar-refractivity contribution in [1.29, 1.82) is 0 Å². The van der Waals surface area contributed by atoms with E-state index >= 15 is 0 Å². The van der Waals surface area contributed by atoms with E-state index in [0.29, 0.717) is 12.5 Å². The Labute approximate surface area is 145 Å². The number of nitrogens with zero attached hydrogens (tertiary/aromatic N) is 3. The van der Waals surface area contributed by atoms with Gasteiger partial charge >= 0.3 is 0 Å². The van der Waals surface area contributed by atoms with Crippen LogP contribution in [0.5, 0.6) is 11.6 Å². The molecule has 0 atom stereocenters. The van der Waals surface area contributed by atoms with Crippen LogP contribution in [-0.4, -0.2) is 20.7 Å². The molecule has 6 heteroatoms. The first kappa shape index (κ1) is 16.7. The number of amides is 1. The Morgan fingerprint density at radius 3 is 2.48 bits per heavy atom. The monoisotopic (exact) mass is 337 g/mol. The molecule has 3 rings (SSSR count). The van der Waals surface area contributed by atoms with Gasteiger partial charge in [0.05, 0.1) is 11.1 Å². The maximum atomic E-state index is 12.2. The van der Waals surface area contributed by atoms with Gasteiger partial charge in [-0.05, 0) is 24.1 Å². The zero-order valence-electron chi connectivity index (χ0n) is 14.0. The van der Waals surface area contributed by atoms with E-state index in [4.69, 9.17) is 0 Å². The van der Waals surface area contributed by atoms with Crippen molar-refractivity contribution in [2.24, 2.45) is 16.1 Å². The third kappa shape index (κ3) is 3.24. The second kappa shape index (κ2) is 6.76. The SMILES string of the molecule is CC(C)Cn1c(O)c(N=NC(=O)c2ccccc2O)c2ccccc21. The lowest BCUT2D eigenvalue weighted by molar-refractivity contribution is 0.0992. The average Bonchev–Trinajstić information content (AvgIpc) is 2.85. The summed E-state index contributed by atoms with van der Waals surface area (Å²) in [6, 6.07) is 13.6. The van der Waals surface area contributed by atoms with E-state index in [0.717, 1.165) is 10.9 Å². The van der Waals surface area contributed by atoms with E-state index in [1.54, 1.807) is 16.7 Å². The van der Waals surface area contributed by atoms with Crippen LogP contribution in [0.2, 0.25) is 0 Å². The molecule has 0 saturated carbocycles. The molecule has 0 spiro atoms. The van der Waals surface area contributed by atoms with Crippen molar-refractivity contribution in [2.45, 2.75) is 20.4 Å². The fourth-order valence-corrected chi connectivity index (χ4v) is 2.72. The summed E-state index contributed by atoms with van der Waals surface area (Å²) in [5.41, 5.74) is 1.15. The lowest BCUT2D eigenvalue weighted by Gasteiger charge is -2.09. The molecule has 0 saturated heterocycles. The third-order valence-corrected chi connectivity index (χ3v) is 3.84. The van der Waals surface area contributed by atoms with Gasteiger partial charge in [-0.1, -0.05) is 44.2 Å². The van der Waals surface area contributed by atoms with Crippen molar-refractivity contribution in [2.75, 3.05) is 0 Å². The molecule has 0 aliphatic rings. The molecule has 128 valence electrons. The minimum absolute atomic E-state index is 0.0243. The van der Waals surface area contributed by atoms with Gasteiger partial charge in [-0.3, -0.25) is 4.79 Å². The number of para-hydroxylation sites is 2. The predicted octanol–water partition coefficient (Wildman–Crippen LogP) is 4.63. The second-order valence-electron chi connectivity index (χ2n) is 6.22. The second-order valence-corrected chi connectivity index (χ2v) is 6.22. The number of benzene rings is 2. The van der Waals surface area contributed by atoms with Gasteiger partial charge in [0.25, 0.3) is 5.91 Å². The van der Waals surface area contributed by atoms with E-state index in [1.807, 2.05) is 24.3 Å². The smallest absolute Gasteiger partial charge is 0.299 e. The summed E-state index contributed by atoms with van der Waals surface area (Å²) in [6.07, 6.45) is 0. The van der Waals surface area contributed by atoms with Crippen LogP contribution in [0.25, 0.3) is 10.9 Å². The van der Waals surface area contributed by atoms with Gasteiger partial charge < -0.3 is 14.8 Å². The molecule has 25 heavy (non-hydrogen) atoms. The minimum Gasteiger partial charge on any atom is -0.507 e. The molecule has 0 radical (unpaired) electrons. The Bertz CT molecular complexity index is 958. The fourth-order valence-electron chi connectivity index (χ4n) is 2.72. The van der Waals surface area contributed by atoms with Gasteiger partial charge in [0.15, 0.2) is 5.69 Å². The number of aromatic nitrogens is 1. The molecule has 3 aromatic rings. The van der Waals surface area contributed by atoms with Gasteiger partial charge in [0.2, 0.25) is 5.88 Å². The number of rotatable bonds is 4. The van der Waals surface area contributed by atoms with Crippen molar-refractivity contribution in [3.63, 3.8) is 0 Å². The zero-order chi connectivity index (χ0) is 18.0. The van der Waals surface area contributed by atoms with Crippen LogP contribution in [0.1, 0.15) is 24.2 Å². The quantitative estimate of drug-likeness (QED) is 0.680. The Kier molecular flexibility index (Phi) is 4.52. The lowest BCUT2D eigenvalue weighted by Crippen LogP contribution is -2.03. The van der Waals surface area contributed by atoms with Gasteiger partial charge in [0.1, 0.15) is 5.75 Å². The van der Waals surface area contributed by atoms with Gasteiger partial charge in [-0.15, -0.1) is 10.2 Å². The standard InChI is InChI=1S/C19H19N3O3/c1-12(2)11-22-15-9-5-3-7-13(15)17(19(22)25)20-21-18(24)14-8-4-6-10-16(14)23/h3-10,12,23,25H,11H2,1-2H3. The largest absolute Gasteiger partial charge is 0.507 e. The molecule has 0 aliphatic heterocycles. The first-order valence-corrected chi connectivity index (χ1v) is 8.03.